The minimum Gasteiger partial charge on any atom is -0.316 e. The van der Waals surface area contributed by atoms with Crippen molar-refractivity contribution in [2.75, 3.05) is 0 Å². The minimum absolute atomic E-state index is 0.158. The van der Waals surface area contributed by atoms with E-state index < -0.39 is 0 Å². The lowest BCUT2D eigenvalue weighted by atomic mass is 9.79. The monoisotopic (exact) mass is 184 g/mol. The van der Waals surface area contributed by atoms with Gasteiger partial charge in [-0.1, -0.05) is 0 Å². The standard InChI is InChI=1S/C11H24N2/c1-9(12)13-10(2,3)7-6-8-11(13,4)5/h9H,6-8,12H2,1-5H3. The molecule has 1 unspecified atom stereocenters. The Morgan fingerprint density at radius 1 is 1.08 bits per heavy atom. The van der Waals surface area contributed by atoms with Crippen LogP contribution in [0, 0.1) is 0 Å². The summed E-state index contributed by atoms with van der Waals surface area (Å²) in [5, 5.41) is 0. The van der Waals surface area contributed by atoms with Crippen molar-refractivity contribution in [2.24, 2.45) is 5.73 Å². The molecule has 1 aliphatic heterocycles. The molecule has 0 aliphatic carbocycles. The molecule has 0 spiro atoms. The second kappa shape index (κ2) is 3.25. The molecule has 2 heteroatoms. The van der Waals surface area contributed by atoms with Crippen molar-refractivity contribution in [3.63, 3.8) is 0 Å². The molecule has 0 amide bonds. The Morgan fingerprint density at radius 2 is 1.46 bits per heavy atom. The SMILES string of the molecule is CC(N)N1C(C)(C)CCCC1(C)C. The van der Waals surface area contributed by atoms with Crippen LogP contribution in [0.5, 0.6) is 0 Å². The maximum absolute atomic E-state index is 6.04. The fraction of sp³-hybridized carbons (Fsp3) is 1.00. The van der Waals surface area contributed by atoms with Gasteiger partial charge in [0.2, 0.25) is 0 Å². The Bertz CT molecular complexity index is 167. The van der Waals surface area contributed by atoms with Crippen LogP contribution in [0.1, 0.15) is 53.9 Å². The van der Waals surface area contributed by atoms with Gasteiger partial charge in [-0.15, -0.1) is 0 Å². The molecule has 2 nitrogen and oxygen atoms in total. The summed E-state index contributed by atoms with van der Waals surface area (Å²) in [5.41, 5.74) is 6.56. The number of piperidine rings is 1. The van der Waals surface area contributed by atoms with E-state index in [1.807, 2.05) is 0 Å². The molecule has 0 bridgehead atoms. The topological polar surface area (TPSA) is 29.3 Å². The normalized spacial score (nSPS) is 30.0. The second-order valence-corrected chi connectivity index (χ2v) is 5.59. The Morgan fingerprint density at radius 3 is 1.69 bits per heavy atom. The van der Waals surface area contributed by atoms with E-state index >= 15 is 0 Å². The van der Waals surface area contributed by atoms with E-state index in [1.165, 1.54) is 19.3 Å². The molecule has 0 aromatic heterocycles. The molecule has 1 atom stereocenters. The third-order valence-electron chi connectivity index (χ3n) is 3.29. The van der Waals surface area contributed by atoms with Crippen molar-refractivity contribution in [2.45, 2.75) is 71.1 Å². The molecule has 1 fully saturated rings. The molecule has 0 aromatic rings. The van der Waals surface area contributed by atoms with Crippen LogP contribution in [0.25, 0.3) is 0 Å². The highest BCUT2D eigenvalue weighted by Crippen LogP contribution is 2.38. The van der Waals surface area contributed by atoms with Crippen LogP contribution in [0.4, 0.5) is 0 Å². The van der Waals surface area contributed by atoms with Gasteiger partial charge in [0.15, 0.2) is 0 Å². The summed E-state index contributed by atoms with van der Waals surface area (Å²) < 4.78 is 0. The zero-order chi connectivity index (χ0) is 10.3. The van der Waals surface area contributed by atoms with Crippen molar-refractivity contribution in [1.29, 1.82) is 0 Å². The van der Waals surface area contributed by atoms with Gasteiger partial charge in [-0.25, -0.2) is 0 Å². The molecule has 0 radical (unpaired) electrons. The summed E-state index contributed by atoms with van der Waals surface area (Å²) in [5.74, 6) is 0. The van der Waals surface area contributed by atoms with Crippen molar-refractivity contribution in [3.8, 4) is 0 Å². The maximum Gasteiger partial charge on any atom is 0.0552 e. The Balaban J connectivity index is 2.91. The van der Waals surface area contributed by atoms with Gasteiger partial charge >= 0.3 is 0 Å². The fourth-order valence-electron chi connectivity index (χ4n) is 3.12. The average molecular weight is 184 g/mol. The summed E-state index contributed by atoms with van der Waals surface area (Å²) >= 11 is 0. The first-order valence-electron chi connectivity index (χ1n) is 5.32. The zero-order valence-electron chi connectivity index (χ0n) is 9.72. The van der Waals surface area contributed by atoms with Crippen LogP contribution in [-0.2, 0) is 0 Å². The fourth-order valence-corrected chi connectivity index (χ4v) is 3.12. The van der Waals surface area contributed by atoms with E-state index in [0.717, 1.165) is 0 Å². The summed E-state index contributed by atoms with van der Waals surface area (Å²) in [6.45, 7) is 11.3. The third-order valence-corrected chi connectivity index (χ3v) is 3.29. The summed E-state index contributed by atoms with van der Waals surface area (Å²) in [6.07, 6.45) is 4.00. The van der Waals surface area contributed by atoms with Crippen molar-refractivity contribution >= 4 is 0 Å². The first-order valence-corrected chi connectivity index (χ1v) is 5.32. The summed E-state index contributed by atoms with van der Waals surface area (Å²) in [4.78, 5) is 2.46. The highest BCUT2D eigenvalue weighted by atomic mass is 15.3. The lowest BCUT2D eigenvalue weighted by Crippen LogP contribution is -2.63. The molecule has 1 aliphatic rings. The molecule has 1 saturated heterocycles. The van der Waals surface area contributed by atoms with E-state index in [-0.39, 0.29) is 17.2 Å². The molecule has 2 N–H and O–H groups in total. The number of nitrogens with two attached hydrogens (primary N) is 1. The number of likely N-dealkylation sites (tertiary alicyclic amines) is 1. The van der Waals surface area contributed by atoms with E-state index in [9.17, 15) is 0 Å². The molecule has 78 valence electrons. The van der Waals surface area contributed by atoms with Crippen LogP contribution in [0.15, 0.2) is 0 Å². The highest BCUT2D eigenvalue weighted by molar-refractivity contribution is 4.97. The second-order valence-electron chi connectivity index (χ2n) is 5.59. The van der Waals surface area contributed by atoms with Crippen LogP contribution in [0.3, 0.4) is 0 Å². The number of hydrogen-bond donors (Lipinski definition) is 1. The maximum atomic E-state index is 6.04. The molecular weight excluding hydrogens is 160 g/mol. The van der Waals surface area contributed by atoms with E-state index in [0.29, 0.717) is 0 Å². The van der Waals surface area contributed by atoms with E-state index in [4.69, 9.17) is 5.73 Å². The minimum atomic E-state index is 0.158. The van der Waals surface area contributed by atoms with Crippen LogP contribution >= 0.6 is 0 Å². The molecule has 13 heavy (non-hydrogen) atoms. The number of rotatable bonds is 1. The Hall–Kier alpha value is -0.0800. The average Bonchev–Trinajstić information content (AvgIpc) is 1.79. The quantitative estimate of drug-likeness (QED) is 0.677. The zero-order valence-corrected chi connectivity index (χ0v) is 9.72. The molecule has 0 aromatic carbocycles. The predicted molar refractivity (Wildman–Crippen MR) is 57.5 cm³/mol. The molecule has 1 heterocycles. The highest BCUT2D eigenvalue weighted by Gasteiger charge is 2.42. The van der Waals surface area contributed by atoms with Gasteiger partial charge in [0.1, 0.15) is 0 Å². The summed E-state index contributed by atoms with van der Waals surface area (Å²) in [6, 6.07) is 0. The number of hydrogen-bond acceptors (Lipinski definition) is 2. The smallest absolute Gasteiger partial charge is 0.0552 e. The lowest BCUT2D eigenvalue weighted by Gasteiger charge is -2.54. The molecular formula is C11H24N2. The van der Waals surface area contributed by atoms with E-state index in [1.54, 1.807) is 0 Å². The van der Waals surface area contributed by atoms with Crippen LogP contribution in [0.2, 0.25) is 0 Å². The lowest BCUT2D eigenvalue weighted by molar-refractivity contribution is -0.0542. The Labute approximate surface area is 82.5 Å². The van der Waals surface area contributed by atoms with Crippen molar-refractivity contribution < 1.29 is 0 Å². The number of nitrogens with zero attached hydrogens (tertiary/aromatic N) is 1. The summed E-state index contributed by atoms with van der Waals surface area (Å²) in [7, 11) is 0. The van der Waals surface area contributed by atoms with Crippen LogP contribution < -0.4 is 5.73 Å². The first-order chi connectivity index (χ1) is 5.77. The predicted octanol–water partition coefficient (Wildman–Crippen LogP) is 2.33. The van der Waals surface area contributed by atoms with Gasteiger partial charge in [-0.05, 0) is 53.9 Å². The van der Waals surface area contributed by atoms with Gasteiger partial charge < -0.3 is 5.73 Å². The Kier molecular flexibility index (Phi) is 2.75. The van der Waals surface area contributed by atoms with Crippen LogP contribution in [-0.4, -0.2) is 22.1 Å². The van der Waals surface area contributed by atoms with Gasteiger partial charge in [0.05, 0.1) is 6.17 Å². The molecule has 1 rings (SSSR count). The van der Waals surface area contributed by atoms with Crippen molar-refractivity contribution in [1.82, 2.24) is 4.90 Å². The van der Waals surface area contributed by atoms with Gasteiger partial charge in [-0.2, -0.15) is 0 Å². The van der Waals surface area contributed by atoms with E-state index in [2.05, 4.69) is 39.5 Å². The van der Waals surface area contributed by atoms with Gasteiger partial charge in [0.25, 0.3) is 0 Å². The molecule has 0 saturated carbocycles. The van der Waals surface area contributed by atoms with Gasteiger partial charge in [0, 0.05) is 11.1 Å². The first kappa shape index (κ1) is 11.0. The third kappa shape index (κ3) is 2.05. The van der Waals surface area contributed by atoms with Gasteiger partial charge in [-0.3, -0.25) is 4.90 Å². The largest absolute Gasteiger partial charge is 0.316 e. The van der Waals surface area contributed by atoms with Crippen molar-refractivity contribution in [3.05, 3.63) is 0 Å².